The van der Waals surface area contributed by atoms with Crippen LogP contribution in [0, 0.1) is 0 Å². The van der Waals surface area contributed by atoms with Crippen molar-refractivity contribution < 1.29 is 4.79 Å². The summed E-state index contributed by atoms with van der Waals surface area (Å²) < 4.78 is 0. The van der Waals surface area contributed by atoms with E-state index in [4.69, 9.17) is 0 Å². The fourth-order valence-electron chi connectivity index (χ4n) is 4.56. The Morgan fingerprint density at radius 3 is 2.53 bits per heavy atom. The first-order valence-electron chi connectivity index (χ1n) is 11.8. The number of hydrogen-bond acceptors (Lipinski definition) is 3. The van der Waals surface area contributed by atoms with Crippen LogP contribution in [0.25, 0.3) is 6.08 Å². The zero-order chi connectivity index (χ0) is 22.0. The van der Waals surface area contributed by atoms with Crippen molar-refractivity contribution in [2.75, 3.05) is 11.4 Å². The second kappa shape index (κ2) is 11.4. The zero-order valence-corrected chi connectivity index (χ0v) is 18.7. The van der Waals surface area contributed by atoms with E-state index in [1.54, 1.807) is 18.5 Å². The van der Waals surface area contributed by atoms with Gasteiger partial charge in [0.05, 0.1) is 6.04 Å². The van der Waals surface area contributed by atoms with Crippen molar-refractivity contribution in [3.63, 3.8) is 0 Å². The van der Waals surface area contributed by atoms with Gasteiger partial charge in [-0.3, -0.25) is 9.78 Å². The summed E-state index contributed by atoms with van der Waals surface area (Å²) in [6.07, 6.45) is 14.4. The van der Waals surface area contributed by atoms with E-state index in [0.29, 0.717) is 12.5 Å². The third-order valence-electron chi connectivity index (χ3n) is 6.24. The van der Waals surface area contributed by atoms with Crippen LogP contribution in [0.2, 0.25) is 0 Å². The molecule has 1 aliphatic heterocycles. The lowest BCUT2D eigenvalue weighted by atomic mass is 10.0. The fourth-order valence-corrected chi connectivity index (χ4v) is 4.56. The van der Waals surface area contributed by atoms with E-state index in [-0.39, 0.29) is 5.78 Å². The van der Waals surface area contributed by atoms with Crippen LogP contribution < -0.4 is 4.90 Å². The van der Waals surface area contributed by atoms with E-state index in [1.807, 2.05) is 18.2 Å². The quantitative estimate of drug-likeness (QED) is 0.250. The second-order valence-electron chi connectivity index (χ2n) is 8.56. The van der Waals surface area contributed by atoms with Gasteiger partial charge in [0.15, 0.2) is 5.78 Å². The molecule has 0 radical (unpaired) electrons. The Hall–Kier alpha value is -3.20. The highest BCUT2D eigenvalue weighted by molar-refractivity contribution is 5.93. The number of ketones is 1. The summed E-state index contributed by atoms with van der Waals surface area (Å²) in [5.41, 5.74) is 5.23. The standard InChI is InChI=1S/C29H32N2O/c32-27(19-18-24-12-11-20-30-23-24)16-7-2-1-3-10-21-31-28-17-9-8-15-26(28)22-29(31)25-13-5-4-6-14-25/h4-6,8-9,11-15,17-20,23,29H,1-3,7,10,16,21-22H2/b19-18+. The molecule has 0 N–H and O–H groups in total. The number of carbonyl (C=O) groups excluding carboxylic acids is 1. The lowest BCUT2D eigenvalue weighted by molar-refractivity contribution is -0.114. The Kier molecular flexibility index (Phi) is 7.86. The third kappa shape index (κ3) is 5.94. The van der Waals surface area contributed by atoms with E-state index < -0.39 is 0 Å². The average molecular weight is 425 g/mol. The van der Waals surface area contributed by atoms with Gasteiger partial charge in [0.2, 0.25) is 0 Å². The van der Waals surface area contributed by atoms with E-state index in [1.165, 1.54) is 36.1 Å². The van der Waals surface area contributed by atoms with Crippen LogP contribution >= 0.6 is 0 Å². The molecule has 4 rings (SSSR count). The maximum absolute atomic E-state index is 12.1. The maximum Gasteiger partial charge on any atom is 0.155 e. The number of aromatic nitrogens is 1. The van der Waals surface area contributed by atoms with Crippen LogP contribution in [0.15, 0.2) is 85.2 Å². The van der Waals surface area contributed by atoms with Crippen LogP contribution in [0.4, 0.5) is 5.69 Å². The maximum atomic E-state index is 12.1. The molecule has 0 fully saturated rings. The van der Waals surface area contributed by atoms with Gasteiger partial charge in [0, 0.05) is 31.0 Å². The minimum absolute atomic E-state index is 0.202. The fraction of sp³-hybridized carbons (Fsp3) is 0.310. The molecule has 2 heterocycles. The van der Waals surface area contributed by atoms with Gasteiger partial charge in [-0.15, -0.1) is 0 Å². The molecule has 1 aliphatic rings. The number of fused-ring (bicyclic) bond motifs is 1. The Balaban J connectivity index is 1.18. The number of benzene rings is 2. The highest BCUT2D eigenvalue weighted by Crippen LogP contribution is 2.40. The van der Waals surface area contributed by atoms with Gasteiger partial charge >= 0.3 is 0 Å². The smallest absolute Gasteiger partial charge is 0.155 e. The van der Waals surface area contributed by atoms with Crippen LogP contribution in [-0.2, 0) is 11.2 Å². The van der Waals surface area contributed by atoms with Crippen molar-refractivity contribution >= 4 is 17.5 Å². The van der Waals surface area contributed by atoms with Crippen LogP contribution in [0.5, 0.6) is 0 Å². The molecule has 3 aromatic rings. The first-order chi connectivity index (χ1) is 15.8. The van der Waals surface area contributed by atoms with Crippen LogP contribution in [0.3, 0.4) is 0 Å². The van der Waals surface area contributed by atoms with E-state index in [2.05, 4.69) is 64.5 Å². The monoisotopic (exact) mass is 424 g/mol. The molecule has 1 unspecified atom stereocenters. The SMILES string of the molecule is O=C(/C=C/c1cccnc1)CCCCCCCN1c2ccccc2CC1c1ccccc1. The van der Waals surface area contributed by atoms with E-state index >= 15 is 0 Å². The van der Waals surface area contributed by atoms with Crippen molar-refractivity contribution in [2.24, 2.45) is 0 Å². The molecule has 0 spiro atoms. The third-order valence-corrected chi connectivity index (χ3v) is 6.24. The first-order valence-corrected chi connectivity index (χ1v) is 11.8. The van der Waals surface area contributed by atoms with Crippen LogP contribution in [0.1, 0.15) is 61.3 Å². The predicted molar refractivity (Wildman–Crippen MR) is 133 cm³/mol. The van der Waals surface area contributed by atoms with E-state index in [9.17, 15) is 4.79 Å². The normalized spacial score (nSPS) is 15.2. The molecule has 2 aromatic carbocycles. The summed E-state index contributed by atoms with van der Waals surface area (Å²) in [4.78, 5) is 18.7. The minimum Gasteiger partial charge on any atom is -0.364 e. The Bertz CT molecular complexity index is 1010. The number of para-hydroxylation sites is 1. The summed E-state index contributed by atoms with van der Waals surface area (Å²) >= 11 is 0. The second-order valence-corrected chi connectivity index (χ2v) is 8.56. The highest BCUT2D eigenvalue weighted by Gasteiger charge is 2.29. The minimum atomic E-state index is 0.202. The summed E-state index contributed by atoms with van der Waals surface area (Å²) in [5, 5.41) is 0. The Labute approximate surface area is 191 Å². The molecule has 0 saturated carbocycles. The average Bonchev–Trinajstić information content (AvgIpc) is 3.22. The number of nitrogens with zero attached hydrogens (tertiary/aromatic N) is 2. The van der Waals surface area contributed by atoms with Crippen molar-refractivity contribution in [1.82, 2.24) is 4.98 Å². The van der Waals surface area contributed by atoms with Gasteiger partial charge in [-0.05, 0) is 60.2 Å². The number of carbonyl (C=O) groups is 1. The first kappa shape index (κ1) is 22.0. The highest BCUT2D eigenvalue weighted by atomic mass is 16.1. The summed E-state index contributed by atoms with van der Waals surface area (Å²) in [6, 6.07) is 24.0. The molecule has 1 atom stereocenters. The number of unbranched alkanes of at least 4 members (excludes halogenated alkanes) is 4. The van der Waals surface area contributed by atoms with Crippen molar-refractivity contribution in [3.05, 3.63) is 102 Å². The number of hydrogen-bond donors (Lipinski definition) is 0. The predicted octanol–water partition coefficient (Wildman–Crippen LogP) is 6.81. The Morgan fingerprint density at radius 1 is 0.906 bits per heavy atom. The Morgan fingerprint density at radius 2 is 1.69 bits per heavy atom. The van der Waals surface area contributed by atoms with Gasteiger partial charge in [-0.1, -0.05) is 73.9 Å². The molecule has 32 heavy (non-hydrogen) atoms. The number of allylic oxidation sites excluding steroid dienone is 1. The van der Waals surface area contributed by atoms with Gasteiger partial charge in [-0.2, -0.15) is 0 Å². The topological polar surface area (TPSA) is 33.2 Å². The van der Waals surface area contributed by atoms with Crippen molar-refractivity contribution in [2.45, 2.75) is 51.0 Å². The van der Waals surface area contributed by atoms with Gasteiger partial charge in [0.25, 0.3) is 0 Å². The lowest BCUT2D eigenvalue weighted by Gasteiger charge is -2.28. The molecule has 1 aromatic heterocycles. The molecule has 0 saturated heterocycles. The van der Waals surface area contributed by atoms with Gasteiger partial charge in [0.1, 0.15) is 0 Å². The summed E-state index contributed by atoms with van der Waals surface area (Å²) in [7, 11) is 0. The number of rotatable bonds is 11. The summed E-state index contributed by atoms with van der Waals surface area (Å²) in [6.45, 7) is 1.09. The summed E-state index contributed by atoms with van der Waals surface area (Å²) in [5.74, 6) is 0.202. The van der Waals surface area contributed by atoms with Gasteiger partial charge < -0.3 is 4.90 Å². The molecular formula is C29H32N2O. The molecule has 164 valence electrons. The van der Waals surface area contributed by atoms with Crippen molar-refractivity contribution in [1.29, 1.82) is 0 Å². The molecule has 0 bridgehead atoms. The molecule has 0 aliphatic carbocycles. The van der Waals surface area contributed by atoms with E-state index in [0.717, 1.165) is 31.4 Å². The number of pyridine rings is 1. The van der Waals surface area contributed by atoms with Gasteiger partial charge in [-0.25, -0.2) is 0 Å². The van der Waals surface area contributed by atoms with Crippen molar-refractivity contribution in [3.8, 4) is 0 Å². The molecule has 0 amide bonds. The largest absolute Gasteiger partial charge is 0.364 e. The molecular weight excluding hydrogens is 392 g/mol. The van der Waals surface area contributed by atoms with Crippen LogP contribution in [-0.4, -0.2) is 17.3 Å². The number of anilines is 1. The zero-order valence-electron chi connectivity index (χ0n) is 18.7. The molecule has 3 heteroatoms. The lowest BCUT2D eigenvalue weighted by Crippen LogP contribution is -2.26. The molecule has 3 nitrogen and oxygen atoms in total.